The highest BCUT2D eigenvalue weighted by molar-refractivity contribution is 7.52. The Kier molecular flexibility index (Phi) is 4.58. The first-order valence-electron chi connectivity index (χ1n) is 5.24. The monoisotopic (exact) mass is 220 g/mol. The Morgan fingerprint density at radius 1 is 1.43 bits per heavy atom. The summed E-state index contributed by atoms with van der Waals surface area (Å²) in [6.07, 6.45) is 3.16. The van der Waals surface area contributed by atoms with Gasteiger partial charge in [-0.3, -0.25) is 4.57 Å². The van der Waals surface area contributed by atoms with E-state index in [0.717, 1.165) is 32.4 Å². The average Bonchev–Trinajstić information content (AvgIpc) is 2.14. The molecule has 1 saturated heterocycles. The minimum Gasteiger partial charge on any atom is -0.324 e. The van der Waals surface area contributed by atoms with Crippen LogP contribution < -0.4 is 5.32 Å². The van der Waals surface area contributed by atoms with Crippen LogP contribution >= 0.6 is 7.60 Å². The molecule has 1 radical (unpaired) electrons. The summed E-state index contributed by atoms with van der Waals surface area (Å²) in [5.41, 5.74) is -0.428. The fourth-order valence-electron chi connectivity index (χ4n) is 2.13. The summed E-state index contributed by atoms with van der Waals surface area (Å²) in [6.45, 7) is 3.51. The number of hydrogen-bond acceptors (Lipinski definition) is 1. The molecular formula is C9H19NO3P. The largest absolute Gasteiger partial charge is 0.328 e. The zero-order chi connectivity index (χ0) is 10.6. The van der Waals surface area contributed by atoms with E-state index in [1.165, 1.54) is 0 Å². The highest BCUT2D eigenvalue weighted by atomic mass is 31.2. The minimum atomic E-state index is -3.90. The molecule has 1 atom stereocenters. The molecule has 1 heterocycles. The molecule has 0 aromatic rings. The number of rotatable bonds is 4. The van der Waals surface area contributed by atoms with Gasteiger partial charge in [0.15, 0.2) is 0 Å². The highest BCUT2D eigenvalue weighted by Gasteiger charge is 2.35. The van der Waals surface area contributed by atoms with Crippen molar-refractivity contribution in [3.63, 3.8) is 0 Å². The zero-order valence-corrected chi connectivity index (χ0v) is 9.49. The van der Waals surface area contributed by atoms with Crippen molar-refractivity contribution in [1.29, 1.82) is 0 Å². The topological polar surface area (TPSA) is 71.6 Å². The molecule has 4 nitrogen and oxygen atoms in total. The maximum Gasteiger partial charge on any atom is 0.328 e. The van der Waals surface area contributed by atoms with Crippen LogP contribution in [0.1, 0.15) is 32.6 Å². The van der Waals surface area contributed by atoms with Gasteiger partial charge in [-0.1, -0.05) is 13.3 Å². The van der Waals surface area contributed by atoms with E-state index < -0.39 is 13.3 Å². The van der Waals surface area contributed by atoms with Crippen molar-refractivity contribution in [2.24, 2.45) is 5.92 Å². The first kappa shape index (κ1) is 12.2. The molecule has 0 aliphatic carbocycles. The lowest BCUT2D eigenvalue weighted by Crippen LogP contribution is -2.30. The maximum absolute atomic E-state index is 11.3. The molecule has 0 aromatic heterocycles. The second-order valence-electron chi connectivity index (χ2n) is 3.95. The molecule has 0 saturated carbocycles. The van der Waals surface area contributed by atoms with Gasteiger partial charge >= 0.3 is 7.60 Å². The number of nitrogens with zero attached hydrogens (tertiary/aromatic N) is 1. The molecule has 0 bridgehead atoms. The van der Waals surface area contributed by atoms with E-state index in [4.69, 9.17) is 0 Å². The second-order valence-corrected chi connectivity index (χ2v) is 5.79. The van der Waals surface area contributed by atoms with Crippen molar-refractivity contribution in [2.75, 3.05) is 13.1 Å². The van der Waals surface area contributed by atoms with Gasteiger partial charge in [0.2, 0.25) is 0 Å². The van der Waals surface area contributed by atoms with Gasteiger partial charge in [0.05, 0.1) is 5.66 Å². The van der Waals surface area contributed by atoms with Crippen LogP contribution in [-0.2, 0) is 4.57 Å². The van der Waals surface area contributed by atoms with E-state index in [1.807, 2.05) is 6.92 Å². The normalized spacial score (nSPS) is 22.2. The fraction of sp³-hybridized carbons (Fsp3) is 1.00. The average molecular weight is 220 g/mol. The molecule has 1 rings (SSSR count). The van der Waals surface area contributed by atoms with Crippen LogP contribution in [0.3, 0.4) is 0 Å². The molecule has 83 valence electrons. The van der Waals surface area contributed by atoms with Gasteiger partial charge in [0, 0.05) is 13.1 Å². The van der Waals surface area contributed by atoms with Gasteiger partial charge < -0.3 is 9.79 Å². The van der Waals surface area contributed by atoms with Crippen molar-refractivity contribution in [3.05, 3.63) is 0 Å². The van der Waals surface area contributed by atoms with Crippen molar-refractivity contribution in [1.82, 2.24) is 5.32 Å². The van der Waals surface area contributed by atoms with E-state index in [2.05, 4.69) is 5.32 Å². The van der Waals surface area contributed by atoms with Crippen molar-refractivity contribution >= 4 is 7.60 Å². The van der Waals surface area contributed by atoms with Crippen LogP contribution in [-0.4, -0.2) is 28.5 Å². The summed E-state index contributed by atoms with van der Waals surface area (Å²) in [4.78, 5) is 18.5. The summed E-state index contributed by atoms with van der Waals surface area (Å²) in [5.74, 6) is 0.174. The first-order valence-corrected chi connectivity index (χ1v) is 6.92. The van der Waals surface area contributed by atoms with E-state index in [0.29, 0.717) is 6.42 Å². The van der Waals surface area contributed by atoms with Crippen molar-refractivity contribution < 1.29 is 14.4 Å². The summed E-state index contributed by atoms with van der Waals surface area (Å²) < 4.78 is 11.3. The maximum atomic E-state index is 11.3. The van der Waals surface area contributed by atoms with Crippen LogP contribution in [0.15, 0.2) is 0 Å². The molecule has 2 N–H and O–H groups in total. The lowest BCUT2D eigenvalue weighted by Gasteiger charge is -2.30. The summed E-state index contributed by atoms with van der Waals surface area (Å²) >= 11 is 0. The quantitative estimate of drug-likeness (QED) is 0.702. The van der Waals surface area contributed by atoms with Crippen molar-refractivity contribution in [2.45, 2.75) is 38.3 Å². The molecule has 1 fully saturated rings. The third kappa shape index (κ3) is 3.35. The standard InChI is InChI=1S/C9H19NO3P/c1-2-3-9(14(11,12)13)8-4-6-10-7-5-8/h8-9H,2-7H2,1H3,(H2,11,12,13). The lowest BCUT2D eigenvalue weighted by atomic mass is 9.92. The first-order chi connectivity index (χ1) is 6.55. The van der Waals surface area contributed by atoms with Crippen LogP contribution in [0.25, 0.3) is 0 Å². The predicted molar refractivity (Wildman–Crippen MR) is 55.3 cm³/mol. The Hall–Kier alpha value is 0.110. The third-order valence-electron chi connectivity index (χ3n) is 2.88. The zero-order valence-electron chi connectivity index (χ0n) is 8.59. The number of hydrogen-bond donors (Lipinski definition) is 2. The summed E-state index contributed by atoms with van der Waals surface area (Å²) in [5, 5.41) is 4.20. The minimum absolute atomic E-state index is 0.174. The smallest absolute Gasteiger partial charge is 0.324 e. The van der Waals surface area contributed by atoms with Gasteiger partial charge in [0.25, 0.3) is 0 Å². The third-order valence-corrected chi connectivity index (χ3v) is 4.42. The van der Waals surface area contributed by atoms with Gasteiger partial charge in [-0.2, -0.15) is 0 Å². The molecule has 14 heavy (non-hydrogen) atoms. The summed E-state index contributed by atoms with van der Waals surface area (Å²) in [7, 11) is -3.90. The molecule has 1 aliphatic heterocycles. The summed E-state index contributed by atoms with van der Waals surface area (Å²) in [6, 6.07) is 0. The molecule has 5 heteroatoms. The molecular weight excluding hydrogens is 201 g/mol. The Balaban J connectivity index is 2.61. The van der Waals surface area contributed by atoms with Gasteiger partial charge in [-0.15, -0.1) is 0 Å². The second kappa shape index (κ2) is 5.26. The van der Waals surface area contributed by atoms with Gasteiger partial charge in [-0.05, 0) is 25.2 Å². The highest BCUT2D eigenvalue weighted by Crippen LogP contribution is 2.49. The molecule has 0 aromatic carbocycles. The van der Waals surface area contributed by atoms with Crippen molar-refractivity contribution in [3.8, 4) is 0 Å². The van der Waals surface area contributed by atoms with Crippen LogP contribution in [0.4, 0.5) is 0 Å². The van der Waals surface area contributed by atoms with E-state index in [-0.39, 0.29) is 5.92 Å². The Labute approximate surface area is 85.3 Å². The van der Waals surface area contributed by atoms with E-state index in [1.54, 1.807) is 0 Å². The van der Waals surface area contributed by atoms with Gasteiger partial charge in [0.1, 0.15) is 0 Å². The van der Waals surface area contributed by atoms with Crippen LogP contribution in [0.5, 0.6) is 0 Å². The Morgan fingerprint density at radius 2 is 2.00 bits per heavy atom. The number of piperidine rings is 1. The molecule has 1 unspecified atom stereocenters. The van der Waals surface area contributed by atoms with E-state index in [9.17, 15) is 14.4 Å². The van der Waals surface area contributed by atoms with E-state index >= 15 is 0 Å². The Morgan fingerprint density at radius 3 is 2.43 bits per heavy atom. The predicted octanol–water partition coefficient (Wildman–Crippen LogP) is 1.35. The SMILES string of the molecule is CCCC(C1CC[N]CC1)P(=O)(O)O. The van der Waals surface area contributed by atoms with Crippen LogP contribution in [0, 0.1) is 5.92 Å². The fourth-order valence-corrected chi connectivity index (χ4v) is 3.57. The molecule has 0 amide bonds. The molecule has 0 spiro atoms. The Bertz CT molecular complexity index is 210. The van der Waals surface area contributed by atoms with Gasteiger partial charge in [-0.25, -0.2) is 5.32 Å². The van der Waals surface area contributed by atoms with Crippen LogP contribution in [0.2, 0.25) is 0 Å². The molecule has 1 aliphatic rings. The lowest BCUT2D eigenvalue weighted by molar-refractivity contribution is 0.288.